The second-order valence-corrected chi connectivity index (χ2v) is 4.10. The Labute approximate surface area is 120 Å². The van der Waals surface area contributed by atoms with Crippen LogP contribution in [0.25, 0.3) is 0 Å². The van der Waals surface area contributed by atoms with Crippen molar-refractivity contribution in [2.75, 3.05) is 72.7 Å². The monoisotopic (exact) mass is 296 g/mol. The summed E-state index contributed by atoms with van der Waals surface area (Å²) in [6.07, 6.45) is -0.438. The Hall–Kier alpha value is -0.280. The van der Waals surface area contributed by atoms with Gasteiger partial charge >= 0.3 is 0 Å². The van der Waals surface area contributed by atoms with Gasteiger partial charge in [-0.25, -0.2) is 0 Å². The van der Waals surface area contributed by atoms with Crippen LogP contribution in [0.2, 0.25) is 0 Å². The van der Waals surface area contributed by atoms with E-state index >= 15 is 0 Å². The maximum Gasteiger partial charge on any atom is 0.0745 e. The molecule has 0 aliphatic rings. The molecule has 0 aliphatic carbocycles. The zero-order valence-electron chi connectivity index (χ0n) is 12.3. The minimum absolute atomic E-state index is 0.0349. The zero-order chi connectivity index (χ0) is 14.9. The quantitative estimate of drug-likeness (QED) is 0.369. The van der Waals surface area contributed by atoms with E-state index in [1.807, 2.05) is 0 Å². The fraction of sp³-hybridized carbons (Fsp3) is 1.00. The van der Waals surface area contributed by atoms with E-state index in [2.05, 4.69) is 0 Å². The molecule has 0 heterocycles. The molecular weight excluding hydrogens is 268 g/mol. The smallest absolute Gasteiger partial charge is 0.0745 e. The first-order valence-corrected chi connectivity index (χ1v) is 6.95. The van der Waals surface area contributed by atoms with E-state index in [0.29, 0.717) is 66.1 Å². The van der Waals surface area contributed by atoms with Crippen molar-refractivity contribution < 1.29 is 33.9 Å². The van der Waals surface area contributed by atoms with Crippen LogP contribution in [0.3, 0.4) is 0 Å². The molecule has 0 aromatic rings. The van der Waals surface area contributed by atoms with Crippen molar-refractivity contribution in [3.05, 3.63) is 0 Å². The minimum atomic E-state index is -0.438. The van der Waals surface area contributed by atoms with E-state index in [0.717, 1.165) is 0 Å². The fourth-order valence-corrected chi connectivity index (χ4v) is 1.20. The first-order valence-electron chi connectivity index (χ1n) is 6.95. The third kappa shape index (κ3) is 17.7. The van der Waals surface area contributed by atoms with Gasteiger partial charge in [0.15, 0.2) is 0 Å². The Morgan fingerprint density at radius 2 is 1.00 bits per heavy atom. The summed E-state index contributed by atoms with van der Waals surface area (Å²) >= 11 is 0. The van der Waals surface area contributed by atoms with Gasteiger partial charge in [0.1, 0.15) is 0 Å². The summed E-state index contributed by atoms with van der Waals surface area (Å²) in [6.45, 7) is 6.40. The average molecular weight is 296 g/mol. The lowest BCUT2D eigenvalue weighted by Crippen LogP contribution is -2.15. The zero-order valence-corrected chi connectivity index (χ0v) is 12.3. The highest BCUT2D eigenvalue weighted by molar-refractivity contribution is 4.41. The standard InChI is InChI=1S/C13H28O7/c1-13(15)12-20-11-10-19-9-8-18-7-6-17-5-4-16-3-2-14/h13-15H,2-12H2,1H3. The summed E-state index contributed by atoms with van der Waals surface area (Å²) in [6, 6.07) is 0. The molecule has 0 spiro atoms. The van der Waals surface area contributed by atoms with E-state index in [9.17, 15) is 0 Å². The minimum Gasteiger partial charge on any atom is -0.394 e. The molecule has 1 atom stereocenters. The van der Waals surface area contributed by atoms with Crippen LogP contribution in [0.15, 0.2) is 0 Å². The second kappa shape index (κ2) is 16.8. The van der Waals surface area contributed by atoms with Gasteiger partial charge in [-0.3, -0.25) is 0 Å². The Kier molecular flexibility index (Phi) is 16.5. The molecule has 0 saturated heterocycles. The van der Waals surface area contributed by atoms with Gasteiger partial charge in [-0.05, 0) is 6.92 Å². The average Bonchev–Trinajstić information content (AvgIpc) is 2.43. The lowest BCUT2D eigenvalue weighted by molar-refractivity contribution is -0.0202. The fourth-order valence-electron chi connectivity index (χ4n) is 1.20. The Balaban J connectivity index is 2.92. The SMILES string of the molecule is CC(O)COCCOCCOCCOCCOCCO. The van der Waals surface area contributed by atoms with Crippen LogP contribution < -0.4 is 0 Å². The van der Waals surface area contributed by atoms with Crippen LogP contribution in [0.1, 0.15) is 6.92 Å². The summed E-state index contributed by atoms with van der Waals surface area (Å²) in [5, 5.41) is 17.4. The van der Waals surface area contributed by atoms with Gasteiger partial charge < -0.3 is 33.9 Å². The molecule has 0 aromatic heterocycles. The first kappa shape index (κ1) is 19.7. The summed E-state index contributed by atoms with van der Waals surface area (Å²) in [7, 11) is 0. The first-order chi connectivity index (χ1) is 9.77. The van der Waals surface area contributed by atoms with Gasteiger partial charge in [-0.15, -0.1) is 0 Å². The molecule has 122 valence electrons. The molecule has 0 rings (SSSR count). The van der Waals surface area contributed by atoms with Crippen LogP contribution in [0.5, 0.6) is 0 Å². The van der Waals surface area contributed by atoms with Crippen molar-refractivity contribution in [3.63, 3.8) is 0 Å². The summed E-state index contributed by atoms with van der Waals surface area (Å²) in [5.74, 6) is 0. The predicted octanol–water partition coefficient (Wildman–Crippen LogP) is -0.557. The molecule has 0 bridgehead atoms. The van der Waals surface area contributed by atoms with Crippen molar-refractivity contribution >= 4 is 0 Å². The van der Waals surface area contributed by atoms with Gasteiger partial charge in [-0.1, -0.05) is 0 Å². The third-order valence-corrected chi connectivity index (χ3v) is 2.08. The van der Waals surface area contributed by atoms with Crippen molar-refractivity contribution in [2.24, 2.45) is 0 Å². The highest BCUT2D eigenvalue weighted by atomic mass is 16.6. The molecule has 0 aromatic carbocycles. The molecular formula is C13H28O7. The van der Waals surface area contributed by atoms with Crippen molar-refractivity contribution in [3.8, 4) is 0 Å². The molecule has 0 aliphatic heterocycles. The van der Waals surface area contributed by atoms with E-state index in [1.54, 1.807) is 6.92 Å². The normalized spacial score (nSPS) is 12.8. The lowest BCUT2D eigenvalue weighted by Gasteiger charge is -2.08. The highest BCUT2D eigenvalue weighted by Crippen LogP contribution is 1.85. The molecule has 0 saturated carbocycles. The number of ether oxygens (including phenoxy) is 5. The van der Waals surface area contributed by atoms with Crippen LogP contribution in [-0.4, -0.2) is 89.0 Å². The Bertz CT molecular complexity index is 178. The topological polar surface area (TPSA) is 86.6 Å². The van der Waals surface area contributed by atoms with Gasteiger partial charge in [-0.2, -0.15) is 0 Å². The number of hydrogen-bond donors (Lipinski definition) is 2. The van der Waals surface area contributed by atoms with Crippen LogP contribution >= 0.6 is 0 Å². The molecule has 20 heavy (non-hydrogen) atoms. The Morgan fingerprint density at radius 1 is 0.650 bits per heavy atom. The third-order valence-electron chi connectivity index (χ3n) is 2.08. The summed E-state index contributed by atoms with van der Waals surface area (Å²) < 4.78 is 26.0. The maximum atomic E-state index is 8.94. The number of aliphatic hydroxyl groups is 2. The van der Waals surface area contributed by atoms with Crippen LogP contribution in [0.4, 0.5) is 0 Å². The molecule has 0 radical (unpaired) electrons. The molecule has 1 unspecified atom stereocenters. The van der Waals surface area contributed by atoms with E-state index < -0.39 is 6.10 Å². The summed E-state index contributed by atoms with van der Waals surface area (Å²) in [4.78, 5) is 0. The van der Waals surface area contributed by atoms with Crippen molar-refractivity contribution in [1.82, 2.24) is 0 Å². The molecule has 0 fully saturated rings. The van der Waals surface area contributed by atoms with Gasteiger partial charge in [0.25, 0.3) is 0 Å². The summed E-state index contributed by atoms with van der Waals surface area (Å²) in [5.41, 5.74) is 0. The van der Waals surface area contributed by atoms with E-state index in [4.69, 9.17) is 33.9 Å². The predicted molar refractivity (Wildman–Crippen MR) is 72.9 cm³/mol. The highest BCUT2D eigenvalue weighted by Gasteiger charge is 1.95. The largest absolute Gasteiger partial charge is 0.394 e. The van der Waals surface area contributed by atoms with Crippen molar-refractivity contribution in [1.29, 1.82) is 0 Å². The number of aliphatic hydroxyl groups excluding tert-OH is 2. The lowest BCUT2D eigenvalue weighted by atomic mass is 10.4. The maximum absolute atomic E-state index is 8.94. The number of rotatable bonds is 16. The molecule has 2 N–H and O–H groups in total. The second-order valence-electron chi connectivity index (χ2n) is 4.10. The number of hydrogen-bond acceptors (Lipinski definition) is 7. The van der Waals surface area contributed by atoms with Crippen LogP contribution in [-0.2, 0) is 23.7 Å². The van der Waals surface area contributed by atoms with Crippen LogP contribution in [0, 0.1) is 0 Å². The molecule has 7 nitrogen and oxygen atoms in total. The molecule has 7 heteroatoms. The van der Waals surface area contributed by atoms with Gasteiger partial charge in [0.2, 0.25) is 0 Å². The molecule has 0 amide bonds. The Morgan fingerprint density at radius 3 is 1.35 bits per heavy atom. The van der Waals surface area contributed by atoms with E-state index in [-0.39, 0.29) is 6.61 Å². The van der Waals surface area contributed by atoms with Crippen molar-refractivity contribution in [2.45, 2.75) is 13.0 Å². The van der Waals surface area contributed by atoms with E-state index in [1.165, 1.54) is 0 Å². The van der Waals surface area contributed by atoms with Gasteiger partial charge in [0, 0.05) is 0 Å². The van der Waals surface area contributed by atoms with Gasteiger partial charge in [0.05, 0.1) is 78.8 Å².